The predicted octanol–water partition coefficient (Wildman–Crippen LogP) is 4.22. The van der Waals surface area contributed by atoms with E-state index in [4.69, 9.17) is 13.9 Å². The van der Waals surface area contributed by atoms with E-state index in [9.17, 15) is 4.79 Å². The SMILES string of the molecule is Cc1occc1COC(=O)c1ccccc1SCC1CCCO1. The fraction of sp³-hybridized carbons (Fsp3) is 0.389. The molecule has 122 valence electrons. The first-order chi connectivity index (χ1) is 11.2. The Morgan fingerprint density at radius 2 is 2.22 bits per heavy atom. The Labute approximate surface area is 140 Å². The molecule has 4 nitrogen and oxygen atoms in total. The molecule has 1 aliphatic heterocycles. The highest BCUT2D eigenvalue weighted by molar-refractivity contribution is 7.99. The summed E-state index contributed by atoms with van der Waals surface area (Å²) in [5, 5.41) is 0. The molecule has 0 amide bonds. The quantitative estimate of drug-likeness (QED) is 0.585. The molecule has 0 N–H and O–H groups in total. The van der Waals surface area contributed by atoms with E-state index in [2.05, 4.69) is 0 Å². The number of furan rings is 1. The lowest BCUT2D eigenvalue weighted by Gasteiger charge is -2.12. The molecule has 1 fully saturated rings. The summed E-state index contributed by atoms with van der Waals surface area (Å²) in [5.41, 5.74) is 1.50. The minimum atomic E-state index is -0.305. The van der Waals surface area contributed by atoms with Crippen LogP contribution < -0.4 is 0 Å². The maximum atomic E-state index is 12.4. The fourth-order valence-electron chi connectivity index (χ4n) is 2.50. The number of rotatable bonds is 6. The zero-order valence-electron chi connectivity index (χ0n) is 13.1. The molecule has 0 saturated carbocycles. The molecule has 0 bridgehead atoms. The van der Waals surface area contributed by atoms with E-state index in [0.717, 1.165) is 41.4 Å². The van der Waals surface area contributed by atoms with Gasteiger partial charge in [-0.05, 0) is 38.0 Å². The normalized spacial score (nSPS) is 17.3. The van der Waals surface area contributed by atoms with Gasteiger partial charge in [0.15, 0.2) is 0 Å². The van der Waals surface area contributed by atoms with E-state index in [1.54, 1.807) is 18.0 Å². The van der Waals surface area contributed by atoms with Gasteiger partial charge in [-0.2, -0.15) is 0 Å². The Kier molecular flexibility index (Phi) is 5.41. The molecule has 23 heavy (non-hydrogen) atoms. The number of ether oxygens (including phenoxy) is 2. The monoisotopic (exact) mass is 332 g/mol. The predicted molar refractivity (Wildman–Crippen MR) is 88.7 cm³/mol. The number of carbonyl (C=O) groups excluding carboxylic acids is 1. The van der Waals surface area contributed by atoms with E-state index in [0.29, 0.717) is 5.56 Å². The summed E-state index contributed by atoms with van der Waals surface area (Å²) in [4.78, 5) is 13.3. The molecule has 2 aromatic rings. The molecule has 1 aliphatic rings. The number of esters is 1. The van der Waals surface area contributed by atoms with Crippen LogP contribution in [-0.2, 0) is 16.1 Å². The molecule has 1 unspecified atom stereocenters. The van der Waals surface area contributed by atoms with Gasteiger partial charge in [-0.25, -0.2) is 4.79 Å². The molecule has 0 spiro atoms. The lowest BCUT2D eigenvalue weighted by Crippen LogP contribution is -2.10. The van der Waals surface area contributed by atoms with E-state index in [-0.39, 0.29) is 18.7 Å². The minimum absolute atomic E-state index is 0.228. The Morgan fingerprint density at radius 1 is 1.35 bits per heavy atom. The van der Waals surface area contributed by atoms with Crippen LogP contribution in [0, 0.1) is 6.92 Å². The second-order valence-electron chi connectivity index (χ2n) is 5.52. The van der Waals surface area contributed by atoms with Crippen LogP contribution in [0.15, 0.2) is 45.9 Å². The van der Waals surface area contributed by atoms with Crippen molar-refractivity contribution in [1.29, 1.82) is 0 Å². The summed E-state index contributed by atoms with van der Waals surface area (Å²) in [6.07, 6.45) is 4.11. The van der Waals surface area contributed by atoms with E-state index in [1.165, 1.54) is 0 Å². The second-order valence-corrected chi connectivity index (χ2v) is 6.58. The Bertz CT molecular complexity index is 659. The number of aryl methyl sites for hydroxylation is 1. The van der Waals surface area contributed by atoms with Gasteiger partial charge in [0.25, 0.3) is 0 Å². The van der Waals surface area contributed by atoms with Crippen molar-refractivity contribution in [3.8, 4) is 0 Å². The molecule has 0 aliphatic carbocycles. The summed E-state index contributed by atoms with van der Waals surface area (Å²) >= 11 is 1.65. The lowest BCUT2D eigenvalue weighted by atomic mass is 10.2. The van der Waals surface area contributed by atoms with Crippen molar-refractivity contribution in [2.75, 3.05) is 12.4 Å². The first kappa shape index (κ1) is 16.1. The first-order valence-electron chi connectivity index (χ1n) is 7.77. The smallest absolute Gasteiger partial charge is 0.339 e. The van der Waals surface area contributed by atoms with Crippen molar-refractivity contribution < 1.29 is 18.7 Å². The fourth-order valence-corrected chi connectivity index (χ4v) is 3.61. The third-order valence-corrected chi connectivity index (χ3v) is 5.09. The van der Waals surface area contributed by atoms with Gasteiger partial charge >= 0.3 is 5.97 Å². The Balaban J connectivity index is 1.61. The molecule has 5 heteroatoms. The molecular formula is C18H20O4S. The molecule has 3 rings (SSSR count). The standard InChI is InChI=1S/C18H20O4S/c1-13-14(8-10-20-13)11-22-18(19)16-6-2-3-7-17(16)23-12-15-5-4-9-21-15/h2-3,6-8,10,15H,4-5,9,11-12H2,1H3. The van der Waals surface area contributed by atoms with Crippen LogP contribution in [0.25, 0.3) is 0 Å². The molecule has 1 saturated heterocycles. The maximum Gasteiger partial charge on any atom is 0.339 e. The van der Waals surface area contributed by atoms with Crippen LogP contribution in [0.3, 0.4) is 0 Å². The van der Waals surface area contributed by atoms with Crippen LogP contribution >= 0.6 is 11.8 Å². The molecular weight excluding hydrogens is 312 g/mol. The van der Waals surface area contributed by atoms with Gasteiger partial charge < -0.3 is 13.9 Å². The van der Waals surface area contributed by atoms with Crippen LogP contribution in [0.5, 0.6) is 0 Å². The van der Waals surface area contributed by atoms with Crippen LogP contribution in [0.2, 0.25) is 0 Å². The van der Waals surface area contributed by atoms with Crippen molar-refractivity contribution in [3.05, 3.63) is 53.5 Å². The Hall–Kier alpha value is -1.72. The van der Waals surface area contributed by atoms with Gasteiger partial charge in [-0.3, -0.25) is 0 Å². The highest BCUT2D eigenvalue weighted by Crippen LogP contribution is 2.27. The minimum Gasteiger partial charge on any atom is -0.469 e. The van der Waals surface area contributed by atoms with Crippen LogP contribution in [-0.4, -0.2) is 24.4 Å². The number of hydrogen-bond acceptors (Lipinski definition) is 5. The zero-order valence-corrected chi connectivity index (χ0v) is 13.9. The van der Waals surface area contributed by atoms with Crippen molar-refractivity contribution in [2.24, 2.45) is 0 Å². The van der Waals surface area contributed by atoms with Gasteiger partial charge in [0.2, 0.25) is 0 Å². The molecule has 1 atom stereocenters. The van der Waals surface area contributed by atoms with Gasteiger partial charge in [-0.1, -0.05) is 12.1 Å². The van der Waals surface area contributed by atoms with Crippen molar-refractivity contribution >= 4 is 17.7 Å². The summed E-state index contributed by atoms with van der Waals surface area (Å²) in [6.45, 7) is 2.93. The van der Waals surface area contributed by atoms with Gasteiger partial charge in [0.1, 0.15) is 12.4 Å². The molecule has 0 radical (unpaired) electrons. The number of benzene rings is 1. The largest absolute Gasteiger partial charge is 0.469 e. The zero-order chi connectivity index (χ0) is 16.1. The maximum absolute atomic E-state index is 12.4. The van der Waals surface area contributed by atoms with E-state index in [1.807, 2.05) is 37.3 Å². The summed E-state index contributed by atoms with van der Waals surface area (Å²) in [7, 11) is 0. The van der Waals surface area contributed by atoms with E-state index >= 15 is 0 Å². The summed E-state index contributed by atoms with van der Waals surface area (Å²) in [5.74, 6) is 1.34. The third kappa shape index (κ3) is 4.18. The molecule has 1 aromatic heterocycles. The van der Waals surface area contributed by atoms with Crippen LogP contribution in [0.1, 0.15) is 34.5 Å². The highest BCUT2D eigenvalue weighted by atomic mass is 32.2. The van der Waals surface area contributed by atoms with Gasteiger partial charge in [0.05, 0.1) is 17.9 Å². The average molecular weight is 332 g/mol. The third-order valence-electron chi connectivity index (χ3n) is 3.88. The van der Waals surface area contributed by atoms with Crippen molar-refractivity contribution in [2.45, 2.75) is 37.4 Å². The first-order valence-corrected chi connectivity index (χ1v) is 8.76. The second kappa shape index (κ2) is 7.70. The van der Waals surface area contributed by atoms with Gasteiger partial charge in [-0.15, -0.1) is 11.8 Å². The topological polar surface area (TPSA) is 48.7 Å². The number of hydrogen-bond donors (Lipinski definition) is 0. The number of thioether (sulfide) groups is 1. The van der Waals surface area contributed by atoms with E-state index < -0.39 is 0 Å². The van der Waals surface area contributed by atoms with Crippen molar-refractivity contribution in [3.63, 3.8) is 0 Å². The Morgan fingerprint density at radius 3 is 2.96 bits per heavy atom. The van der Waals surface area contributed by atoms with Gasteiger partial charge in [0, 0.05) is 22.8 Å². The van der Waals surface area contributed by atoms with Crippen molar-refractivity contribution in [1.82, 2.24) is 0 Å². The average Bonchev–Trinajstić information content (AvgIpc) is 3.22. The summed E-state index contributed by atoms with van der Waals surface area (Å²) in [6, 6.07) is 9.38. The highest BCUT2D eigenvalue weighted by Gasteiger charge is 2.18. The summed E-state index contributed by atoms with van der Waals surface area (Å²) < 4.78 is 16.3. The molecule has 2 heterocycles. The lowest BCUT2D eigenvalue weighted by molar-refractivity contribution is 0.0467. The number of carbonyl (C=O) groups is 1. The molecule has 1 aromatic carbocycles. The van der Waals surface area contributed by atoms with Crippen LogP contribution in [0.4, 0.5) is 0 Å².